The number of aromatic nitrogens is 3. The summed E-state index contributed by atoms with van der Waals surface area (Å²) in [4.78, 5) is 29.9. The average molecular weight is 548 g/mol. The number of nitrogens with one attached hydrogen (secondary N) is 1. The number of para-hydroxylation sites is 1. The smallest absolute Gasteiger partial charge is 0.249 e. The Balaban J connectivity index is 1.43. The van der Waals surface area contributed by atoms with E-state index in [4.69, 9.17) is 9.47 Å². The highest BCUT2D eigenvalue weighted by Crippen LogP contribution is 2.38. The van der Waals surface area contributed by atoms with Crippen molar-refractivity contribution in [1.29, 1.82) is 0 Å². The minimum atomic E-state index is -0.968. The summed E-state index contributed by atoms with van der Waals surface area (Å²) in [6, 6.07) is 29.1. The van der Waals surface area contributed by atoms with Gasteiger partial charge in [-0.3, -0.25) is 14.5 Å². The van der Waals surface area contributed by atoms with Crippen molar-refractivity contribution in [3.8, 4) is 11.5 Å². The van der Waals surface area contributed by atoms with Crippen LogP contribution >= 0.6 is 0 Å². The maximum atomic E-state index is 14.3. The van der Waals surface area contributed by atoms with Crippen molar-refractivity contribution in [3.05, 3.63) is 114 Å². The minimum absolute atomic E-state index is 0.122. The van der Waals surface area contributed by atoms with Gasteiger partial charge in [0.25, 0.3) is 0 Å². The normalized spacial score (nSPS) is 13.0. The molecule has 6 rings (SSSR count). The second-order valence-corrected chi connectivity index (χ2v) is 9.79. The number of amides is 2. The van der Waals surface area contributed by atoms with E-state index in [0.29, 0.717) is 48.0 Å². The summed E-state index contributed by atoms with van der Waals surface area (Å²) in [5.41, 5.74) is 4.47. The molecule has 0 saturated heterocycles. The van der Waals surface area contributed by atoms with E-state index in [0.717, 1.165) is 16.6 Å². The van der Waals surface area contributed by atoms with E-state index in [1.165, 1.54) is 4.90 Å². The predicted octanol–water partition coefficient (Wildman–Crippen LogP) is 4.60. The zero-order valence-electron chi connectivity index (χ0n) is 22.6. The molecule has 0 unspecified atom stereocenters. The van der Waals surface area contributed by atoms with E-state index < -0.39 is 6.04 Å². The molecule has 9 heteroatoms. The Hall–Kier alpha value is -5.18. The summed E-state index contributed by atoms with van der Waals surface area (Å²) < 4.78 is 13.1. The van der Waals surface area contributed by atoms with Crippen LogP contribution in [0.25, 0.3) is 11.0 Å². The summed E-state index contributed by atoms with van der Waals surface area (Å²) in [6.45, 7) is 2.97. The SMILES string of the molecule is Cc1ccccc1[C@H](C(=O)NCc1ccccc1)N(C(=O)Cn1nnc2ccccc21)c1ccc2c(c1)OCCO2. The number of aryl methyl sites for hydroxylation is 1. The molecule has 2 amide bonds. The summed E-state index contributed by atoms with van der Waals surface area (Å²) in [6.07, 6.45) is 0. The van der Waals surface area contributed by atoms with Crippen LogP contribution in [-0.2, 0) is 22.7 Å². The van der Waals surface area contributed by atoms with Crippen LogP contribution in [0, 0.1) is 6.92 Å². The van der Waals surface area contributed by atoms with Gasteiger partial charge in [0.2, 0.25) is 11.8 Å². The lowest BCUT2D eigenvalue weighted by Gasteiger charge is -2.33. The van der Waals surface area contributed by atoms with Crippen molar-refractivity contribution in [2.24, 2.45) is 0 Å². The van der Waals surface area contributed by atoms with Gasteiger partial charge in [-0.05, 0) is 47.9 Å². The molecule has 1 atom stereocenters. The van der Waals surface area contributed by atoms with Crippen LogP contribution in [0.3, 0.4) is 0 Å². The number of fused-ring (bicyclic) bond motifs is 2. The van der Waals surface area contributed by atoms with Gasteiger partial charge in [-0.2, -0.15) is 0 Å². The molecule has 2 heterocycles. The highest BCUT2D eigenvalue weighted by atomic mass is 16.6. The van der Waals surface area contributed by atoms with Gasteiger partial charge in [0.15, 0.2) is 11.5 Å². The number of hydrogen-bond donors (Lipinski definition) is 1. The van der Waals surface area contributed by atoms with Gasteiger partial charge in [0, 0.05) is 18.3 Å². The second kappa shape index (κ2) is 11.5. The van der Waals surface area contributed by atoms with Gasteiger partial charge < -0.3 is 14.8 Å². The topological polar surface area (TPSA) is 98.6 Å². The molecule has 1 aliphatic heterocycles. The highest BCUT2D eigenvalue weighted by molar-refractivity contribution is 6.02. The number of anilines is 1. The Bertz CT molecular complexity index is 1700. The van der Waals surface area contributed by atoms with Gasteiger partial charge >= 0.3 is 0 Å². The number of benzene rings is 4. The molecule has 41 heavy (non-hydrogen) atoms. The van der Waals surface area contributed by atoms with Crippen LogP contribution in [0.2, 0.25) is 0 Å². The second-order valence-electron chi connectivity index (χ2n) is 9.79. The zero-order chi connectivity index (χ0) is 28.2. The van der Waals surface area contributed by atoms with Gasteiger partial charge in [-0.25, -0.2) is 4.68 Å². The van der Waals surface area contributed by atoms with Crippen molar-refractivity contribution < 1.29 is 19.1 Å². The van der Waals surface area contributed by atoms with Crippen LogP contribution in [-0.4, -0.2) is 40.0 Å². The number of rotatable bonds is 8. The first-order valence-electron chi connectivity index (χ1n) is 13.5. The fraction of sp³-hybridized carbons (Fsp3) is 0.188. The number of carbonyl (C=O) groups is 2. The Labute approximate surface area is 237 Å². The zero-order valence-corrected chi connectivity index (χ0v) is 22.6. The van der Waals surface area contributed by atoms with E-state index in [1.807, 2.05) is 85.8 Å². The standard InChI is InChI=1S/C32H29N5O4/c1-22-9-5-6-12-25(22)31(32(39)33-20-23-10-3-2-4-11-23)37(24-15-16-28-29(19-24)41-18-17-40-28)30(38)21-36-27-14-8-7-13-26(27)34-35-36/h2-16,19,31H,17-18,20-21H2,1H3,(H,33,39)/t31-/m1/s1. The number of carbonyl (C=O) groups excluding carboxylic acids is 2. The fourth-order valence-electron chi connectivity index (χ4n) is 5.03. The fourth-order valence-corrected chi connectivity index (χ4v) is 5.03. The van der Waals surface area contributed by atoms with Gasteiger partial charge in [-0.15, -0.1) is 5.10 Å². The summed E-state index contributed by atoms with van der Waals surface area (Å²) >= 11 is 0. The lowest BCUT2D eigenvalue weighted by atomic mass is 9.98. The Morgan fingerprint density at radius 2 is 1.63 bits per heavy atom. The molecule has 4 aromatic carbocycles. The van der Waals surface area contributed by atoms with Crippen molar-refractivity contribution >= 4 is 28.5 Å². The summed E-state index contributed by atoms with van der Waals surface area (Å²) in [5, 5.41) is 11.5. The van der Waals surface area contributed by atoms with Crippen molar-refractivity contribution in [2.75, 3.05) is 18.1 Å². The number of nitrogens with zero attached hydrogens (tertiary/aromatic N) is 4. The lowest BCUT2D eigenvalue weighted by Crippen LogP contribution is -2.45. The Kier molecular flexibility index (Phi) is 7.32. The molecule has 0 radical (unpaired) electrons. The molecule has 1 aromatic heterocycles. The first-order valence-corrected chi connectivity index (χ1v) is 13.5. The minimum Gasteiger partial charge on any atom is -0.486 e. The van der Waals surface area contributed by atoms with Crippen molar-refractivity contribution in [2.45, 2.75) is 26.1 Å². The first-order chi connectivity index (χ1) is 20.1. The molecule has 9 nitrogen and oxygen atoms in total. The van der Waals surface area contributed by atoms with E-state index in [9.17, 15) is 9.59 Å². The highest BCUT2D eigenvalue weighted by Gasteiger charge is 2.35. The first kappa shape index (κ1) is 26.1. The third-order valence-electron chi connectivity index (χ3n) is 7.08. The van der Waals surface area contributed by atoms with Gasteiger partial charge in [0.1, 0.15) is 31.3 Å². The van der Waals surface area contributed by atoms with Gasteiger partial charge in [0.05, 0.1) is 5.52 Å². The molecule has 5 aromatic rings. The third kappa shape index (κ3) is 5.47. The van der Waals surface area contributed by atoms with Gasteiger partial charge in [-0.1, -0.05) is 71.9 Å². The molecular weight excluding hydrogens is 518 g/mol. The van der Waals surface area contributed by atoms with E-state index in [-0.39, 0.29) is 18.4 Å². The maximum absolute atomic E-state index is 14.3. The van der Waals surface area contributed by atoms with Crippen LogP contribution in [0.5, 0.6) is 11.5 Å². The lowest BCUT2D eigenvalue weighted by molar-refractivity contribution is -0.127. The molecule has 0 fully saturated rings. The Morgan fingerprint density at radius 3 is 2.46 bits per heavy atom. The number of ether oxygens (including phenoxy) is 2. The van der Waals surface area contributed by atoms with Crippen LogP contribution in [0.4, 0.5) is 5.69 Å². The molecule has 0 spiro atoms. The van der Waals surface area contributed by atoms with E-state index in [1.54, 1.807) is 22.9 Å². The quantitative estimate of drug-likeness (QED) is 0.305. The van der Waals surface area contributed by atoms with Crippen LogP contribution in [0.1, 0.15) is 22.7 Å². The molecule has 0 bridgehead atoms. The number of hydrogen-bond acceptors (Lipinski definition) is 6. The monoisotopic (exact) mass is 547 g/mol. The summed E-state index contributed by atoms with van der Waals surface area (Å²) in [7, 11) is 0. The molecule has 206 valence electrons. The Morgan fingerprint density at radius 1 is 0.902 bits per heavy atom. The third-order valence-corrected chi connectivity index (χ3v) is 7.08. The van der Waals surface area contributed by atoms with E-state index >= 15 is 0 Å². The largest absolute Gasteiger partial charge is 0.486 e. The summed E-state index contributed by atoms with van der Waals surface area (Å²) in [5.74, 6) is 0.469. The molecule has 1 aliphatic rings. The maximum Gasteiger partial charge on any atom is 0.249 e. The molecular formula is C32H29N5O4. The van der Waals surface area contributed by atoms with Crippen molar-refractivity contribution in [1.82, 2.24) is 20.3 Å². The van der Waals surface area contributed by atoms with Crippen LogP contribution in [0.15, 0.2) is 97.1 Å². The van der Waals surface area contributed by atoms with Crippen LogP contribution < -0.4 is 19.7 Å². The molecule has 0 saturated carbocycles. The van der Waals surface area contributed by atoms with E-state index in [2.05, 4.69) is 15.6 Å². The van der Waals surface area contributed by atoms with Crippen molar-refractivity contribution in [3.63, 3.8) is 0 Å². The molecule has 1 N–H and O–H groups in total. The predicted molar refractivity (Wildman–Crippen MR) is 155 cm³/mol. The molecule has 0 aliphatic carbocycles. The average Bonchev–Trinajstić information content (AvgIpc) is 3.42.